The fourth-order valence-corrected chi connectivity index (χ4v) is 5.09. The standard InChI is InChI=1S/C17H33N4O4.C9H20N2O/c1-3-16(22)14-21(10-11-25-24)8-6-19(7-9-21)12-17(23)13-20-5-4-18(2)15-20;1-3-9(12)8-11-6-4-10(2)5-7-11/h4-5,15-17,22-23H,3,6-14H2,1-2H3;9,12H,3-8H2,1-2H3/q+1;/p+1. The first-order valence-electron chi connectivity index (χ1n) is 14.0. The minimum atomic E-state index is -0.408. The molecular formula is C26H54N6O5+2. The van der Waals surface area contributed by atoms with Gasteiger partial charge in [-0.15, -0.1) is 0 Å². The summed E-state index contributed by atoms with van der Waals surface area (Å²) in [4.78, 5) is 11.2. The summed E-state index contributed by atoms with van der Waals surface area (Å²) in [6.07, 6.45) is 6.61. The Hall–Kier alpha value is -1.15. The summed E-state index contributed by atoms with van der Waals surface area (Å²) in [5.74, 6) is 0. The van der Waals surface area contributed by atoms with E-state index in [0.717, 1.165) is 76.2 Å². The molecule has 0 aromatic carbocycles. The zero-order valence-electron chi connectivity index (χ0n) is 23.7. The smallest absolute Gasteiger partial charge is 0.243 e. The Balaban J connectivity index is 0.000000335. The maximum absolute atomic E-state index is 10.3. The van der Waals surface area contributed by atoms with Gasteiger partial charge in [-0.2, -0.15) is 0 Å². The number of likely N-dealkylation sites (N-methyl/N-ethyl adjacent to an activating group) is 1. The second-order valence-corrected chi connectivity index (χ2v) is 11.0. The molecule has 37 heavy (non-hydrogen) atoms. The number of hydrogen-bond donors (Lipinski definition) is 4. The van der Waals surface area contributed by atoms with Crippen LogP contribution in [0.1, 0.15) is 26.7 Å². The van der Waals surface area contributed by atoms with Gasteiger partial charge >= 0.3 is 0 Å². The van der Waals surface area contributed by atoms with Crippen LogP contribution >= 0.6 is 0 Å². The molecule has 11 nitrogen and oxygen atoms in total. The van der Waals surface area contributed by atoms with E-state index in [4.69, 9.17) is 5.26 Å². The average molecular weight is 531 g/mol. The third-order valence-electron chi connectivity index (χ3n) is 7.76. The molecule has 0 aliphatic carbocycles. The molecule has 3 heterocycles. The van der Waals surface area contributed by atoms with E-state index in [1.54, 1.807) is 0 Å². The van der Waals surface area contributed by atoms with Crippen LogP contribution in [0.2, 0.25) is 0 Å². The van der Waals surface area contributed by atoms with Crippen LogP contribution in [0.25, 0.3) is 0 Å². The van der Waals surface area contributed by atoms with Crippen molar-refractivity contribution in [2.75, 3.05) is 92.2 Å². The molecule has 0 radical (unpaired) electrons. The number of aliphatic hydroxyl groups is 3. The van der Waals surface area contributed by atoms with Crippen molar-refractivity contribution in [3.63, 3.8) is 0 Å². The molecule has 3 unspecified atom stereocenters. The van der Waals surface area contributed by atoms with E-state index in [1.807, 2.05) is 48.8 Å². The summed E-state index contributed by atoms with van der Waals surface area (Å²) >= 11 is 0. The molecule has 0 bridgehead atoms. The highest BCUT2D eigenvalue weighted by atomic mass is 17.1. The molecule has 3 atom stereocenters. The molecule has 1 aromatic heterocycles. The van der Waals surface area contributed by atoms with Gasteiger partial charge in [0.2, 0.25) is 6.33 Å². The molecule has 2 fully saturated rings. The first-order chi connectivity index (χ1) is 17.7. The van der Waals surface area contributed by atoms with Crippen molar-refractivity contribution in [3.8, 4) is 0 Å². The molecule has 3 rings (SSSR count). The van der Waals surface area contributed by atoms with Gasteiger partial charge in [-0.05, 0) is 19.9 Å². The lowest BCUT2D eigenvalue weighted by Gasteiger charge is -2.45. The van der Waals surface area contributed by atoms with Crippen LogP contribution in [0.3, 0.4) is 0 Å². The van der Waals surface area contributed by atoms with E-state index < -0.39 is 6.10 Å². The van der Waals surface area contributed by atoms with E-state index in [1.165, 1.54) is 0 Å². The Kier molecular flexibility index (Phi) is 14.5. The molecule has 2 saturated heterocycles. The maximum Gasteiger partial charge on any atom is 0.243 e. The van der Waals surface area contributed by atoms with Gasteiger partial charge in [0.05, 0.1) is 26.2 Å². The van der Waals surface area contributed by atoms with E-state index in [0.29, 0.717) is 26.2 Å². The quantitative estimate of drug-likeness (QED) is 0.112. The number of imidazole rings is 1. The minimum absolute atomic E-state index is 0.131. The van der Waals surface area contributed by atoms with Crippen LogP contribution in [0, 0.1) is 0 Å². The number of hydrogen-bond acceptors (Lipinski definition) is 8. The third kappa shape index (κ3) is 12.1. The molecule has 216 valence electrons. The van der Waals surface area contributed by atoms with E-state index in [9.17, 15) is 15.3 Å². The van der Waals surface area contributed by atoms with Crippen LogP contribution in [0.15, 0.2) is 18.7 Å². The van der Waals surface area contributed by atoms with Gasteiger partial charge in [-0.1, -0.05) is 13.8 Å². The van der Waals surface area contributed by atoms with Crippen LogP contribution < -0.4 is 4.57 Å². The molecular weight excluding hydrogens is 476 g/mol. The Bertz CT molecular complexity index is 722. The topological polar surface area (TPSA) is 109 Å². The lowest BCUT2D eigenvalue weighted by atomic mass is 10.1. The SMILES string of the molecule is CCC(O)CN1CCN(C)CC1.CCC(O)C[N+]1(CCOO)CCN(CC(O)Cn2cc[n+](C)c2)CC1. The number of aliphatic hydroxyl groups excluding tert-OH is 3. The third-order valence-corrected chi connectivity index (χ3v) is 7.76. The Morgan fingerprint density at radius 1 is 0.865 bits per heavy atom. The van der Waals surface area contributed by atoms with Crippen molar-refractivity contribution in [3.05, 3.63) is 18.7 Å². The van der Waals surface area contributed by atoms with Crippen molar-refractivity contribution in [2.24, 2.45) is 7.05 Å². The Morgan fingerprint density at radius 2 is 1.46 bits per heavy atom. The van der Waals surface area contributed by atoms with Crippen LogP contribution in [0.5, 0.6) is 0 Å². The van der Waals surface area contributed by atoms with Crippen molar-refractivity contribution in [1.29, 1.82) is 0 Å². The Labute approximate surface area is 223 Å². The number of β-amino-alcohol motifs (C(OH)–C–C–N with tert-alkyl or cyclic N) is 2. The summed E-state index contributed by atoms with van der Waals surface area (Å²) in [5.41, 5.74) is 0. The zero-order chi connectivity index (χ0) is 27.3. The number of piperazine rings is 2. The van der Waals surface area contributed by atoms with Gasteiger partial charge in [-0.3, -0.25) is 15.1 Å². The molecule has 0 saturated carbocycles. The summed E-state index contributed by atoms with van der Waals surface area (Å²) in [6.45, 7) is 15.8. The fraction of sp³-hybridized carbons (Fsp3) is 0.885. The van der Waals surface area contributed by atoms with Crippen molar-refractivity contribution >= 4 is 0 Å². The predicted molar refractivity (Wildman–Crippen MR) is 143 cm³/mol. The lowest BCUT2D eigenvalue weighted by molar-refractivity contribution is -0.935. The van der Waals surface area contributed by atoms with Crippen molar-refractivity contribution in [1.82, 2.24) is 19.3 Å². The van der Waals surface area contributed by atoms with E-state index in [2.05, 4.69) is 26.6 Å². The highest BCUT2D eigenvalue weighted by Gasteiger charge is 2.35. The van der Waals surface area contributed by atoms with Gasteiger partial charge in [0.1, 0.15) is 50.8 Å². The summed E-state index contributed by atoms with van der Waals surface area (Å²) < 4.78 is 4.71. The number of aromatic nitrogens is 2. The maximum atomic E-state index is 10.3. The largest absolute Gasteiger partial charge is 0.392 e. The number of rotatable bonds is 13. The highest BCUT2D eigenvalue weighted by Crippen LogP contribution is 2.16. The number of aryl methyl sites for hydroxylation is 1. The van der Waals surface area contributed by atoms with Crippen LogP contribution in [-0.2, 0) is 18.5 Å². The highest BCUT2D eigenvalue weighted by molar-refractivity contribution is 4.74. The predicted octanol–water partition coefficient (Wildman–Crippen LogP) is -0.929. The molecule has 2 aliphatic heterocycles. The summed E-state index contributed by atoms with van der Waals surface area (Å²) in [7, 11) is 4.11. The number of quaternary nitrogens is 1. The second-order valence-electron chi connectivity index (χ2n) is 11.0. The number of nitrogens with zero attached hydrogens (tertiary/aromatic N) is 6. The van der Waals surface area contributed by atoms with Gasteiger partial charge in [0.15, 0.2) is 0 Å². The Morgan fingerprint density at radius 3 is 2.00 bits per heavy atom. The van der Waals surface area contributed by atoms with Gasteiger partial charge in [0.25, 0.3) is 0 Å². The lowest BCUT2D eigenvalue weighted by Crippen LogP contribution is -2.63. The molecule has 1 aromatic rings. The van der Waals surface area contributed by atoms with E-state index >= 15 is 0 Å². The molecule has 0 spiro atoms. The van der Waals surface area contributed by atoms with Crippen molar-refractivity contribution in [2.45, 2.75) is 51.5 Å². The fourth-order valence-electron chi connectivity index (χ4n) is 5.09. The molecule has 2 aliphatic rings. The van der Waals surface area contributed by atoms with Crippen LogP contribution in [0.4, 0.5) is 0 Å². The minimum Gasteiger partial charge on any atom is -0.392 e. The first-order valence-corrected chi connectivity index (χ1v) is 14.0. The molecule has 11 heteroatoms. The van der Waals surface area contributed by atoms with E-state index in [-0.39, 0.29) is 18.8 Å². The van der Waals surface area contributed by atoms with Gasteiger partial charge < -0.3 is 24.7 Å². The van der Waals surface area contributed by atoms with Crippen LogP contribution in [-0.4, -0.2) is 155 Å². The van der Waals surface area contributed by atoms with Crippen molar-refractivity contribution < 1.29 is 34.5 Å². The zero-order valence-corrected chi connectivity index (χ0v) is 23.7. The monoisotopic (exact) mass is 530 g/mol. The normalized spacial score (nSPS) is 21.7. The average Bonchev–Trinajstić information content (AvgIpc) is 3.30. The summed E-state index contributed by atoms with van der Waals surface area (Å²) in [6, 6.07) is 0. The molecule has 0 amide bonds. The summed E-state index contributed by atoms with van der Waals surface area (Å²) in [5, 5.41) is 38.5. The second kappa shape index (κ2) is 16.7. The first kappa shape index (κ1) is 32.1. The molecule has 4 N–H and O–H groups in total. The van der Waals surface area contributed by atoms with Gasteiger partial charge in [-0.25, -0.2) is 14.0 Å². The van der Waals surface area contributed by atoms with Gasteiger partial charge in [0, 0.05) is 52.4 Å².